The SMILES string of the molecule is CC1CCN(CCCCOc2ccccc2/C=C/c2ccccc2)CC1. The Kier molecular flexibility index (Phi) is 7.33. The van der Waals surface area contributed by atoms with Gasteiger partial charge >= 0.3 is 0 Å². The molecule has 0 unspecified atom stereocenters. The number of para-hydroxylation sites is 1. The van der Waals surface area contributed by atoms with E-state index in [1.165, 1.54) is 44.5 Å². The van der Waals surface area contributed by atoms with Crippen LogP contribution in [0.3, 0.4) is 0 Å². The van der Waals surface area contributed by atoms with E-state index in [1.807, 2.05) is 12.1 Å². The molecule has 0 amide bonds. The molecule has 1 heterocycles. The van der Waals surface area contributed by atoms with Crippen molar-refractivity contribution in [1.29, 1.82) is 0 Å². The van der Waals surface area contributed by atoms with Crippen molar-refractivity contribution in [2.45, 2.75) is 32.6 Å². The molecule has 0 aromatic heterocycles. The minimum Gasteiger partial charge on any atom is -0.493 e. The summed E-state index contributed by atoms with van der Waals surface area (Å²) in [5.41, 5.74) is 2.35. The lowest BCUT2D eigenvalue weighted by atomic mass is 9.99. The van der Waals surface area contributed by atoms with Crippen LogP contribution >= 0.6 is 0 Å². The van der Waals surface area contributed by atoms with Crippen LogP contribution in [0.5, 0.6) is 5.75 Å². The minimum absolute atomic E-state index is 0.792. The fraction of sp³-hybridized carbons (Fsp3) is 0.417. The molecule has 0 atom stereocenters. The zero-order chi connectivity index (χ0) is 18.0. The minimum atomic E-state index is 0.792. The van der Waals surface area contributed by atoms with Crippen molar-refractivity contribution in [3.8, 4) is 5.75 Å². The van der Waals surface area contributed by atoms with E-state index in [1.54, 1.807) is 0 Å². The van der Waals surface area contributed by atoms with Gasteiger partial charge in [-0.15, -0.1) is 0 Å². The molecule has 0 saturated carbocycles. The molecule has 0 bridgehead atoms. The highest BCUT2D eigenvalue weighted by Gasteiger charge is 2.14. The summed E-state index contributed by atoms with van der Waals surface area (Å²) in [6.45, 7) is 6.92. The van der Waals surface area contributed by atoms with Crippen molar-refractivity contribution in [2.24, 2.45) is 5.92 Å². The van der Waals surface area contributed by atoms with Crippen LogP contribution in [0.1, 0.15) is 43.7 Å². The Balaban J connectivity index is 1.43. The van der Waals surface area contributed by atoms with E-state index in [4.69, 9.17) is 4.74 Å². The number of piperidine rings is 1. The normalized spacial score (nSPS) is 16.2. The number of benzene rings is 2. The molecule has 0 spiro atoms. The van der Waals surface area contributed by atoms with Gasteiger partial charge in [-0.3, -0.25) is 0 Å². The Hall–Kier alpha value is -2.06. The smallest absolute Gasteiger partial charge is 0.126 e. The molecule has 2 heteroatoms. The molecule has 1 fully saturated rings. The quantitative estimate of drug-likeness (QED) is 0.444. The first kappa shape index (κ1) is 18.7. The van der Waals surface area contributed by atoms with Gasteiger partial charge in [-0.2, -0.15) is 0 Å². The van der Waals surface area contributed by atoms with Crippen LogP contribution in [0.15, 0.2) is 54.6 Å². The summed E-state index contributed by atoms with van der Waals surface area (Å²) in [5, 5.41) is 0. The summed E-state index contributed by atoms with van der Waals surface area (Å²) in [5.74, 6) is 1.89. The number of hydrogen-bond acceptors (Lipinski definition) is 2. The van der Waals surface area contributed by atoms with Crippen LogP contribution in [0.2, 0.25) is 0 Å². The Labute approximate surface area is 158 Å². The van der Waals surface area contributed by atoms with Crippen LogP contribution in [0.25, 0.3) is 12.2 Å². The van der Waals surface area contributed by atoms with Crippen LogP contribution < -0.4 is 4.74 Å². The van der Waals surface area contributed by atoms with E-state index in [0.29, 0.717) is 0 Å². The molecule has 1 aliphatic rings. The molecular formula is C24H31NO. The monoisotopic (exact) mass is 349 g/mol. The number of nitrogens with zero attached hydrogens (tertiary/aromatic N) is 1. The fourth-order valence-corrected chi connectivity index (χ4v) is 3.41. The molecule has 0 N–H and O–H groups in total. The lowest BCUT2D eigenvalue weighted by molar-refractivity contribution is 0.185. The van der Waals surface area contributed by atoms with Crippen LogP contribution in [0, 0.1) is 5.92 Å². The summed E-state index contributed by atoms with van der Waals surface area (Å²) in [7, 11) is 0. The Morgan fingerprint density at radius 1 is 0.923 bits per heavy atom. The summed E-state index contributed by atoms with van der Waals surface area (Å²) in [6.07, 6.45) is 9.33. The average molecular weight is 350 g/mol. The maximum Gasteiger partial charge on any atom is 0.126 e. The van der Waals surface area contributed by atoms with Crippen molar-refractivity contribution in [3.05, 3.63) is 65.7 Å². The van der Waals surface area contributed by atoms with Crippen molar-refractivity contribution >= 4 is 12.2 Å². The molecule has 1 saturated heterocycles. The molecule has 1 aliphatic heterocycles. The van der Waals surface area contributed by atoms with Gasteiger partial charge in [-0.1, -0.05) is 67.6 Å². The van der Waals surface area contributed by atoms with Gasteiger partial charge in [-0.25, -0.2) is 0 Å². The highest BCUT2D eigenvalue weighted by molar-refractivity contribution is 5.72. The van der Waals surface area contributed by atoms with Gasteiger partial charge in [-0.05, 0) is 62.9 Å². The molecule has 26 heavy (non-hydrogen) atoms. The van der Waals surface area contributed by atoms with Crippen LogP contribution in [0.4, 0.5) is 0 Å². The first-order valence-corrected chi connectivity index (χ1v) is 9.98. The molecule has 0 aliphatic carbocycles. The number of likely N-dealkylation sites (tertiary alicyclic amines) is 1. The van der Waals surface area contributed by atoms with Crippen LogP contribution in [-0.2, 0) is 0 Å². The Morgan fingerprint density at radius 2 is 1.65 bits per heavy atom. The second kappa shape index (κ2) is 10.2. The van der Waals surface area contributed by atoms with Gasteiger partial charge in [0.2, 0.25) is 0 Å². The second-order valence-corrected chi connectivity index (χ2v) is 7.36. The van der Waals surface area contributed by atoms with Gasteiger partial charge in [0.1, 0.15) is 5.75 Å². The van der Waals surface area contributed by atoms with Crippen molar-refractivity contribution in [3.63, 3.8) is 0 Å². The third-order valence-corrected chi connectivity index (χ3v) is 5.18. The van der Waals surface area contributed by atoms with Gasteiger partial charge in [0.25, 0.3) is 0 Å². The van der Waals surface area contributed by atoms with E-state index in [2.05, 4.69) is 66.4 Å². The highest BCUT2D eigenvalue weighted by Crippen LogP contribution is 2.21. The zero-order valence-corrected chi connectivity index (χ0v) is 15.9. The largest absolute Gasteiger partial charge is 0.493 e. The molecule has 138 valence electrons. The molecular weight excluding hydrogens is 318 g/mol. The summed E-state index contributed by atoms with van der Waals surface area (Å²) < 4.78 is 6.06. The van der Waals surface area contributed by atoms with Crippen molar-refractivity contribution in [1.82, 2.24) is 4.90 Å². The van der Waals surface area contributed by atoms with Crippen molar-refractivity contribution in [2.75, 3.05) is 26.2 Å². The second-order valence-electron chi connectivity index (χ2n) is 7.36. The first-order valence-electron chi connectivity index (χ1n) is 9.98. The number of ether oxygens (including phenoxy) is 1. The van der Waals surface area contributed by atoms with Crippen molar-refractivity contribution < 1.29 is 4.74 Å². The molecule has 0 radical (unpaired) electrons. The third kappa shape index (κ3) is 6.03. The molecule has 2 nitrogen and oxygen atoms in total. The summed E-state index contributed by atoms with van der Waals surface area (Å²) in [6, 6.07) is 18.7. The predicted octanol–water partition coefficient (Wildman–Crippen LogP) is 5.75. The molecule has 3 rings (SSSR count). The third-order valence-electron chi connectivity index (χ3n) is 5.18. The van der Waals surface area contributed by atoms with Gasteiger partial charge in [0, 0.05) is 5.56 Å². The maximum atomic E-state index is 6.06. The number of hydrogen-bond donors (Lipinski definition) is 0. The molecule has 2 aromatic carbocycles. The summed E-state index contributed by atoms with van der Waals surface area (Å²) in [4.78, 5) is 2.61. The lowest BCUT2D eigenvalue weighted by Gasteiger charge is -2.30. The highest BCUT2D eigenvalue weighted by atomic mass is 16.5. The zero-order valence-electron chi connectivity index (χ0n) is 15.9. The first-order chi connectivity index (χ1) is 12.8. The maximum absolute atomic E-state index is 6.06. The topological polar surface area (TPSA) is 12.5 Å². The van der Waals surface area contributed by atoms with Gasteiger partial charge in [0.15, 0.2) is 0 Å². The van der Waals surface area contributed by atoms with E-state index < -0.39 is 0 Å². The Morgan fingerprint density at radius 3 is 2.46 bits per heavy atom. The standard InChI is InChI=1S/C24H31NO/c1-21-15-18-25(19-16-21)17-7-8-20-26-24-12-6-5-11-23(24)14-13-22-9-3-2-4-10-22/h2-6,9-14,21H,7-8,15-20H2,1H3/b14-13+. The Bertz CT molecular complexity index is 672. The lowest BCUT2D eigenvalue weighted by Crippen LogP contribution is -2.33. The predicted molar refractivity (Wildman–Crippen MR) is 111 cm³/mol. The van der Waals surface area contributed by atoms with Crippen LogP contribution in [-0.4, -0.2) is 31.1 Å². The fourth-order valence-electron chi connectivity index (χ4n) is 3.41. The van der Waals surface area contributed by atoms with E-state index in [-0.39, 0.29) is 0 Å². The van der Waals surface area contributed by atoms with E-state index >= 15 is 0 Å². The van der Waals surface area contributed by atoms with E-state index in [0.717, 1.165) is 30.3 Å². The number of rotatable bonds is 8. The van der Waals surface area contributed by atoms with E-state index in [9.17, 15) is 0 Å². The number of unbranched alkanes of at least 4 members (excludes halogenated alkanes) is 1. The van der Waals surface area contributed by atoms with Gasteiger partial charge in [0.05, 0.1) is 6.61 Å². The molecule has 2 aromatic rings. The average Bonchev–Trinajstić information content (AvgIpc) is 2.69. The summed E-state index contributed by atoms with van der Waals surface area (Å²) >= 11 is 0. The van der Waals surface area contributed by atoms with Gasteiger partial charge < -0.3 is 9.64 Å².